The smallest absolute Gasteiger partial charge is 0.119 e. The molecular formula is C24H33N5O2S. The Kier molecular flexibility index (Phi) is 7.57. The van der Waals surface area contributed by atoms with Crippen molar-refractivity contribution in [1.29, 1.82) is 0 Å². The number of anilines is 1. The van der Waals surface area contributed by atoms with Crippen molar-refractivity contribution < 1.29 is 9.84 Å². The molecule has 0 bridgehead atoms. The van der Waals surface area contributed by atoms with E-state index in [-0.39, 0.29) is 6.61 Å². The van der Waals surface area contributed by atoms with E-state index in [9.17, 15) is 0 Å². The second kappa shape index (κ2) is 10.6. The van der Waals surface area contributed by atoms with E-state index in [1.165, 1.54) is 20.7 Å². The summed E-state index contributed by atoms with van der Waals surface area (Å²) in [5, 5.41) is 22.1. The molecule has 0 fully saturated rings. The van der Waals surface area contributed by atoms with Crippen LogP contribution >= 0.6 is 11.8 Å². The summed E-state index contributed by atoms with van der Waals surface area (Å²) in [6.45, 7) is 10.7. The molecule has 7 nitrogen and oxygen atoms in total. The minimum absolute atomic E-state index is 0.156. The summed E-state index contributed by atoms with van der Waals surface area (Å²) in [5.41, 5.74) is 4.46. The number of likely N-dealkylation sites (N-methyl/N-ethyl adjacent to an activating group) is 1. The number of nitrogens with zero attached hydrogens (tertiary/aromatic N) is 3. The molecule has 3 N–H and O–H groups in total. The summed E-state index contributed by atoms with van der Waals surface area (Å²) < 4.78 is 7.66. The van der Waals surface area contributed by atoms with E-state index >= 15 is 0 Å². The van der Waals surface area contributed by atoms with Gasteiger partial charge in [0.05, 0.1) is 25.8 Å². The van der Waals surface area contributed by atoms with Crippen LogP contribution in [0.15, 0.2) is 40.1 Å². The summed E-state index contributed by atoms with van der Waals surface area (Å²) in [7, 11) is 1.71. The van der Waals surface area contributed by atoms with Gasteiger partial charge in [-0.1, -0.05) is 25.6 Å². The van der Waals surface area contributed by atoms with Crippen LogP contribution in [0.2, 0.25) is 0 Å². The summed E-state index contributed by atoms with van der Waals surface area (Å²) in [6, 6.07) is 10.6. The molecule has 0 amide bonds. The third-order valence-electron chi connectivity index (χ3n) is 5.95. The van der Waals surface area contributed by atoms with E-state index in [1.54, 1.807) is 18.9 Å². The number of rotatable bonds is 12. The minimum atomic E-state index is 0.156. The predicted molar refractivity (Wildman–Crippen MR) is 132 cm³/mol. The molecule has 0 aliphatic carbocycles. The Hall–Kier alpha value is -2.26. The summed E-state index contributed by atoms with van der Waals surface area (Å²) in [6.07, 6.45) is 0. The molecule has 0 spiro atoms. The molecule has 0 saturated carbocycles. The number of aliphatic hydroxyl groups is 1. The van der Waals surface area contributed by atoms with Crippen molar-refractivity contribution in [1.82, 2.24) is 20.0 Å². The molecule has 172 valence electrons. The third kappa shape index (κ3) is 4.59. The summed E-state index contributed by atoms with van der Waals surface area (Å²) >= 11 is 1.79. The van der Waals surface area contributed by atoms with Crippen molar-refractivity contribution in [3.8, 4) is 17.0 Å². The lowest BCUT2D eigenvalue weighted by molar-refractivity contribution is 0.287. The average molecular weight is 456 g/mol. The highest BCUT2D eigenvalue weighted by Gasteiger charge is 2.26. The van der Waals surface area contributed by atoms with Crippen molar-refractivity contribution in [2.45, 2.75) is 30.2 Å². The van der Waals surface area contributed by atoms with Crippen LogP contribution in [-0.2, 0) is 6.54 Å². The fraction of sp³-hybridized carbons (Fsp3) is 0.458. The van der Waals surface area contributed by atoms with Gasteiger partial charge in [0.1, 0.15) is 11.4 Å². The highest BCUT2D eigenvalue weighted by atomic mass is 32.2. The maximum Gasteiger partial charge on any atom is 0.119 e. The Morgan fingerprint density at radius 1 is 1.12 bits per heavy atom. The van der Waals surface area contributed by atoms with Crippen LogP contribution in [0.25, 0.3) is 22.2 Å². The zero-order valence-corrected chi connectivity index (χ0v) is 20.0. The van der Waals surface area contributed by atoms with Gasteiger partial charge in [-0.3, -0.25) is 4.68 Å². The molecule has 2 heterocycles. The number of benzene rings is 2. The van der Waals surface area contributed by atoms with Crippen molar-refractivity contribution in [3.05, 3.63) is 30.3 Å². The molecule has 1 aromatic heterocycles. The first-order valence-corrected chi connectivity index (χ1v) is 12.2. The van der Waals surface area contributed by atoms with Crippen LogP contribution in [0.4, 0.5) is 5.69 Å². The third-order valence-corrected chi connectivity index (χ3v) is 7.16. The van der Waals surface area contributed by atoms with Gasteiger partial charge in [-0.2, -0.15) is 5.10 Å². The topological polar surface area (TPSA) is 74.6 Å². The fourth-order valence-electron chi connectivity index (χ4n) is 4.13. The first-order valence-electron chi connectivity index (χ1n) is 11.4. The maximum absolute atomic E-state index is 8.96. The molecule has 0 radical (unpaired) electrons. The normalized spacial score (nSPS) is 12.4. The molecule has 4 rings (SSSR count). The molecule has 1 aliphatic rings. The van der Waals surface area contributed by atoms with Crippen LogP contribution in [0.5, 0.6) is 5.75 Å². The number of hydrogen-bond donors (Lipinski definition) is 3. The van der Waals surface area contributed by atoms with Gasteiger partial charge in [-0.05, 0) is 43.4 Å². The van der Waals surface area contributed by atoms with E-state index < -0.39 is 0 Å². The largest absolute Gasteiger partial charge is 0.497 e. The van der Waals surface area contributed by atoms with E-state index in [0.717, 1.165) is 62.0 Å². The van der Waals surface area contributed by atoms with Crippen LogP contribution < -0.4 is 15.4 Å². The van der Waals surface area contributed by atoms with E-state index in [1.807, 2.05) is 6.07 Å². The van der Waals surface area contributed by atoms with Crippen LogP contribution in [0.3, 0.4) is 0 Å². The number of hydrogen-bond acceptors (Lipinski definition) is 7. The summed E-state index contributed by atoms with van der Waals surface area (Å²) in [4.78, 5) is 4.85. The fourth-order valence-corrected chi connectivity index (χ4v) is 5.31. The van der Waals surface area contributed by atoms with E-state index in [2.05, 4.69) is 58.3 Å². The van der Waals surface area contributed by atoms with Gasteiger partial charge < -0.3 is 25.4 Å². The number of ether oxygens (including phenoxy) is 1. The quantitative estimate of drug-likeness (QED) is 0.282. The second-order valence-electron chi connectivity index (χ2n) is 7.80. The van der Waals surface area contributed by atoms with Crippen LogP contribution in [-0.4, -0.2) is 72.8 Å². The second-order valence-corrected chi connectivity index (χ2v) is 8.85. The van der Waals surface area contributed by atoms with Crippen molar-refractivity contribution in [2.75, 3.05) is 58.3 Å². The summed E-state index contributed by atoms with van der Waals surface area (Å²) in [5.74, 6) is 0.850. The lowest BCUT2D eigenvalue weighted by Gasteiger charge is -2.20. The van der Waals surface area contributed by atoms with Gasteiger partial charge in [0.25, 0.3) is 0 Å². The molecule has 0 atom stereocenters. The molecule has 1 aliphatic heterocycles. The SMILES string of the molecule is CCN(CC)CCn1nc2c3c(c(NCCNCCO)ccc31)Sc1ccc(OC)cc1-2. The van der Waals surface area contributed by atoms with Gasteiger partial charge in [-0.25, -0.2) is 0 Å². The zero-order chi connectivity index (χ0) is 22.5. The van der Waals surface area contributed by atoms with Gasteiger partial charge >= 0.3 is 0 Å². The average Bonchev–Trinajstić information content (AvgIpc) is 3.20. The van der Waals surface area contributed by atoms with Gasteiger partial charge in [-0.15, -0.1) is 0 Å². The lowest BCUT2D eigenvalue weighted by atomic mass is 10.1. The highest BCUT2D eigenvalue weighted by Crippen LogP contribution is 2.51. The Morgan fingerprint density at radius 3 is 2.72 bits per heavy atom. The van der Waals surface area contributed by atoms with Gasteiger partial charge in [0, 0.05) is 52.6 Å². The molecule has 32 heavy (non-hydrogen) atoms. The van der Waals surface area contributed by atoms with Crippen LogP contribution in [0, 0.1) is 0 Å². The number of aliphatic hydroxyl groups excluding tert-OH is 1. The molecule has 3 aromatic rings. The van der Waals surface area contributed by atoms with Crippen molar-refractivity contribution >= 4 is 28.4 Å². The van der Waals surface area contributed by atoms with Crippen LogP contribution in [0.1, 0.15) is 13.8 Å². The number of methoxy groups -OCH3 is 1. The molecule has 2 aromatic carbocycles. The van der Waals surface area contributed by atoms with Crippen molar-refractivity contribution in [3.63, 3.8) is 0 Å². The van der Waals surface area contributed by atoms with Gasteiger partial charge in [0.15, 0.2) is 0 Å². The number of aromatic nitrogens is 2. The number of nitrogens with one attached hydrogen (secondary N) is 2. The predicted octanol–water partition coefficient (Wildman–Crippen LogP) is 3.51. The monoisotopic (exact) mass is 455 g/mol. The Bertz CT molecular complexity index is 1060. The van der Waals surface area contributed by atoms with E-state index in [4.69, 9.17) is 14.9 Å². The molecular weight excluding hydrogens is 422 g/mol. The standard InChI is InChI=1S/C24H33N5O2S/c1-4-28(5-2)13-14-29-20-8-7-19(26-11-10-25-12-15-30)24-22(20)23(27-29)18-16-17(31-3)6-9-21(18)32-24/h6-9,16,25-26,30H,4-5,10-15H2,1-3H3. The Morgan fingerprint density at radius 2 is 1.97 bits per heavy atom. The molecule has 8 heteroatoms. The first kappa shape index (κ1) is 22.9. The maximum atomic E-state index is 8.96. The molecule has 0 saturated heterocycles. The Labute approximate surface area is 194 Å². The number of fused-ring (bicyclic) bond motifs is 2. The van der Waals surface area contributed by atoms with Crippen molar-refractivity contribution in [2.24, 2.45) is 0 Å². The zero-order valence-electron chi connectivity index (χ0n) is 19.1. The van der Waals surface area contributed by atoms with Gasteiger partial charge in [0.2, 0.25) is 0 Å². The van der Waals surface area contributed by atoms with E-state index in [0.29, 0.717) is 6.54 Å². The minimum Gasteiger partial charge on any atom is -0.497 e. The lowest BCUT2D eigenvalue weighted by Crippen LogP contribution is -2.27. The Balaban J connectivity index is 1.72. The highest BCUT2D eigenvalue weighted by molar-refractivity contribution is 8.00. The molecule has 0 unspecified atom stereocenters. The first-order chi connectivity index (χ1) is 15.7.